The van der Waals surface area contributed by atoms with Crippen LogP contribution in [0.1, 0.15) is 0 Å². The molecule has 0 saturated heterocycles. The number of ether oxygens (including phenoxy) is 2. The normalized spacial score (nSPS) is 11.2. The van der Waals surface area contributed by atoms with E-state index < -0.39 is 5.82 Å². The monoisotopic (exact) mass is 439 g/mol. The molecule has 0 fully saturated rings. The number of halogens is 1. The molecule has 0 bridgehead atoms. The highest BCUT2D eigenvalue weighted by molar-refractivity contribution is 6.33. The number of nitrogen functional groups attached to an aromatic ring is 1. The number of fused-ring (bicyclic) bond motifs is 1. The fourth-order valence-corrected chi connectivity index (χ4v) is 3.31. The lowest BCUT2D eigenvalue weighted by Crippen LogP contribution is -2.06. The first-order valence-corrected chi connectivity index (χ1v) is 11.3. The van der Waals surface area contributed by atoms with E-state index in [1.165, 1.54) is 6.20 Å². The molecule has 1 aromatic carbocycles. The summed E-state index contributed by atoms with van der Waals surface area (Å²) in [4.78, 5) is 8.87. The third kappa shape index (κ3) is 4.83. The van der Waals surface area contributed by atoms with E-state index in [2.05, 4.69) is 26.9 Å². The molecule has 11 heteroatoms. The SMILES string of the molecule is C[Si]CCOCn1cc(F)c2c(Oc3cccc(N)c3)nc(Nc3ccn(C)n3)nc21. The van der Waals surface area contributed by atoms with Gasteiger partial charge in [0, 0.05) is 53.4 Å². The van der Waals surface area contributed by atoms with Crippen molar-refractivity contribution < 1.29 is 13.9 Å². The highest BCUT2D eigenvalue weighted by Gasteiger charge is 2.20. The van der Waals surface area contributed by atoms with Gasteiger partial charge in [0.05, 0.1) is 0 Å². The lowest BCUT2D eigenvalue weighted by atomic mass is 10.3. The van der Waals surface area contributed by atoms with Gasteiger partial charge in [-0.1, -0.05) is 12.6 Å². The van der Waals surface area contributed by atoms with Gasteiger partial charge in [-0.05, 0) is 18.2 Å². The Labute approximate surface area is 180 Å². The molecular formula is C20H22FN7O2Si. The maximum Gasteiger partial charge on any atom is 0.236 e. The van der Waals surface area contributed by atoms with Crippen molar-refractivity contribution in [1.29, 1.82) is 0 Å². The Balaban J connectivity index is 1.74. The molecular weight excluding hydrogens is 417 g/mol. The van der Waals surface area contributed by atoms with Crippen molar-refractivity contribution in [3.8, 4) is 11.6 Å². The lowest BCUT2D eigenvalue weighted by molar-refractivity contribution is 0.0902. The Morgan fingerprint density at radius 3 is 2.87 bits per heavy atom. The van der Waals surface area contributed by atoms with E-state index in [9.17, 15) is 4.39 Å². The number of anilines is 3. The zero-order valence-corrected chi connectivity index (χ0v) is 18.2. The summed E-state index contributed by atoms with van der Waals surface area (Å²) in [5.74, 6) is 0.783. The van der Waals surface area contributed by atoms with Crippen molar-refractivity contribution in [3.05, 3.63) is 48.5 Å². The van der Waals surface area contributed by atoms with Crippen LogP contribution in [0.15, 0.2) is 42.7 Å². The fraction of sp³-hybridized carbons (Fsp3) is 0.250. The Morgan fingerprint density at radius 1 is 1.26 bits per heavy atom. The Morgan fingerprint density at radius 2 is 2.13 bits per heavy atom. The third-order valence-electron chi connectivity index (χ3n) is 4.39. The number of aromatic nitrogens is 5. The summed E-state index contributed by atoms with van der Waals surface area (Å²) in [7, 11) is 2.60. The van der Waals surface area contributed by atoms with Crippen molar-refractivity contribution >= 4 is 38.0 Å². The predicted octanol–water partition coefficient (Wildman–Crippen LogP) is 3.57. The predicted molar refractivity (Wildman–Crippen MR) is 117 cm³/mol. The van der Waals surface area contributed by atoms with Gasteiger partial charge in [-0.25, -0.2) is 4.39 Å². The molecule has 31 heavy (non-hydrogen) atoms. The first-order chi connectivity index (χ1) is 15.0. The standard InChI is InChI=1S/C20H22FN7O2Si/c1-27-7-6-16(26-27)23-20-24-18-17(15(21)11-28(18)12-29-8-9-31-2)19(25-20)30-14-5-3-4-13(22)10-14/h3-7,10-11H,8-9,12,22H2,1-2H3,(H,23,24,25,26). The van der Waals surface area contributed by atoms with Crippen LogP contribution in [0.25, 0.3) is 11.0 Å². The molecule has 0 aliphatic rings. The van der Waals surface area contributed by atoms with E-state index in [0.29, 0.717) is 29.5 Å². The Bertz CT molecular complexity index is 1190. The molecule has 0 amide bonds. The fourth-order valence-electron chi connectivity index (χ4n) is 2.96. The van der Waals surface area contributed by atoms with Gasteiger partial charge < -0.3 is 25.1 Å². The molecule has 4 aromatic rings. The summed E-state index contributed by atoms with van der Waals surface area (Å²) in [6.07, 6.45) is 3.12. The summed E-state index contributed by atoms with van der Waals surface area (Å²) >= 11 is 0. The minimum Gasteiger partial charge on any atom is -0.438 e. The minimum atomic E-state index is -0.501. The maximum absolute atomic E-state index is 14.9. The number of rotatable bonds is 9. The second-order valence-corrected chi connectivity index (χ2v) is 8.02. The number of hydrogen-bond donors (Lipinski definition) is 2. The van der Waals surface area contributed by atoms with Gasteiger partial charge in [0.2, 0.25) is 11.8 Å². The average molecular weight is 440 g/mol. The van der Waals surface area contributed by atoms with Crippen molar-refractivity contribution in [1.82, 2.24) is 24.3 Å². The zero-order valence-electron chi connectivity index (χ0n) is 17.2. The third-order valence-corrected chi connectivity index (χ3v) is 5.09. The Hall–Kier alpha value is -3.44. The van der Waals surface area contributed by atoms with Crippen LogP contribution in [-0.4, -0.2) is 40.4 Å². The van der Waals surface area contributed by atoms with E-state index in [1.807, 2.05) is 0 Å². The number of benzene rings is 1. The van der Waals surface area contributed by atoms with Gasteiger partial charge in [0.1, 0.15) is 17.9 Å². The van der Waals surface area contributed by atoms with Crippen LogP contribution in [0.2, 0.25) is 12.6 Å². The van der Waals surface area contributed by atoms with E-state index in [-0.39, 0.29) is 23.9 Å². The molecule has 3 heterocycles. The second kappa shape index (κ2) is 9.14. The van der Waals surface area contributed by atoms with Gasteiger partial charge in [0.15, 0.2) is 17.3 Å². The second-order valence-electron chi connectivity index (χ2n) is 6.81. The molecule has 9 nitrogen and oxygen atoms in total. The van der Waals surface area contributed by atoms with E-state index in [4.69, 9.17) is 15.2 Å². The van der Waals surface area contributed by atoms with Crippen LogP contribution >= 0.6 is 0 Å². The molecule has 0 spiro atoms. The number of aryl methyl sites for hydroxylation is 1. The lowest BCUT2D eigenvalue weighted by Gasteiger charge is -2.11. The molecule has 0 atom stereocenters. The zero-order chi connectivity index (χ0) is 21.8. The van der Waals surface area contributed by atoms with Crippen molar-refractivity contribution in [2.75, 3.05) is 17.7 Å². The summed E-state index contributed by atoms with van der Waals surface area (Å²) in [6.45, 7) is 2.87. The van der Waals surface area contributed by atoms with Crippen LogP contribution in [-0.2, 0) is 18.5 Å². The van der Waals surface area contributed by atoms with Gasteiger partial charge in [-0.15, -0.1) is 0 Å². The molecule has 0 aliphatic carbocycles. The summed E-state index contributed by atoms with van der Waals surface area (Å²) < 4.78 is 29.7. The number of nitrogens with one attached hydrogen (secondary N) is 1. The minimum absolute atomic E-state index is 0.0697. The molecule has 3 N–H and O–H groups in total. The van der Waals surface area contributed by atoms with Gasteiger partial charge in [-0.2, -0.15) is 15.1 Å². The molecule has 0 aliphatic heterocycles. The topological polar surface area (TPSA) is 105 Å². The maximum atomic E-state index is 14.9. The van der Waals surface area contributed by atoms with Crippen LogP contribution in [0.4, 0.5) is 21.8 Å². The smallest absolute Gasteiger partial charge is 0.236 e. The molecule has 0 unspecified atom stereocenters. The largest absolute Gasteiger partial charge is 0.438 e. The van der Waals surface area contributed by atoms with E-state index in [0.717, 1.165) is 15.6 Å². The van der Waals surface area contributed by atoms with E-state index >= 15 is 0 Å². The van der Waals surface area contributed by atoms with E-state index in [1.54, 1.807) is 52.8 Å². The van der Waals surface area contributed by atoms with Crippen molar-refractivity contribution in [3.63, 3.8) is 0 Å². The number of nitrogens with zero attached hydrogens (tertiary/aromatic N) is 5. The summed E-state index contributed by atoms with van der Waals surface area (Å²) in [5.41, 5.74) is 6.72. The quantitative estimate of drug-likeness (QED) is 0.233. The van der Waals surface area contributed by atoms with Gasteiger partial charge in [-0.3, -0.25) is 4.68 Å². The van der Waals surface area contributed by atoms with Crippen LogP contribution in [0.3, 0.4) is 0 Å². The number of nitrogens with two attached hydrogens (primary N) is 1. The highest BCUT2D eigenvalue weighted by atomic mass is 28.2. The molecule has 4 rings (SSSR count). The van der Waals surface area contributed by atoms with Crippen molar-refractivity contribution in [2.24, 2.45) is 7.05 Å². The van der Waals surface area contributed by atoms with Gasteiger partial charge >= 0.3 is 0 Å². The van der Waals surface area contributed by atoms with Crippen LogP contribution < -0.4 is 15.8 Å². The average Bonchev–Trinajstić information content (AvgIpc) is 3.28. The Kier molecular flexibility index (Phi) is 6.14. The molecule has 2 radical (unpaired) electrons. The first-order valence-electron chi connectivity index (χ1n) is 9.62. The highest BCUT2D eigenvalue weighted by Crippen LogP contribution is 2.33. The van der Waals surface area contributed by atoms with Crippen LogP contribution in [0, 0.1) is 5.82 Å². The molecule has 3 aromatic heterocycles. The molecule has 0 saturated carbocycles. The van der Waals surface area contributed by atoms with Crippen molar-refractivity contribution in [2.45, 2.75) is 19.3 Å². The molecule has 160 valence electrons. The van der Waals surface area contributed by atoms with Crippen LogP contribution in [0.5, 0.6) is 11.6 Å². The summed E-state index contributed by atoms with van der Waals surface area (Å²) in [6, 6.07) is 9.58. The summed E-state index contributed by atoms with van der Waals surface area (Å²) in [5, 5.41) is 7.47. The van der Waals surface area contributed by atoms with Gasteiger partial charge in [0.25, 0.3) is 0 Å². The number of hydrogen-bond acceptors (Lipinski definition) is 7. The first kappa shape index (κ1) is 20.8.